The van der Waals surface area contributed by atoms with Crippen molar-refractivity contribution in [1.82, 2.24) is 9.80 Å². The van der Waals surface area contributed by atoms with Gasteiger partial charge in [-0.3, -0.25) is 4.90 Å². The van der Waals surface area contributed by atoms with E-state index in [1.807, 2.05) is 11.3 Å². The molecule has 0 bridgehead atoms. The average molecular weight is 253 g/mol. The number of thiophene rings is 1. The Morgan fingerprint density at radius 3 is 2.94 bits per heavy atom. The van der Waals surface area contributed by atoms with E-state index in [-0.39, 0.29) is 0 Å². The Bertz CT molecular complexity index is 312. The summed E-state index contributed by atoms with van der Waals surface area (Å²) in [6.07, 6.45) is 1.26. The van der Waals surface area contributed by atoms with Crippen LogP contribution in [0.25, 0.3) is 0 Å². The second-order valence-electron chi connectivity index (χ2n) is 4.71. The van der Waals surface area contributed by atoms with E-state index < -0.39 is 0 Å². The zero-order chi connectivity index (χ0) is 12.1. The van der Waals surface area contributed by atoms with Gasteiger partial charge in [0, 0.05) is 43.6 Å². The third-order valence-corrected chi connectivity index (χ3v) is 4.61. The minimum atomic E-state index is 0.563. The molecule has 1 aromatic heterocycles. The summed E-state index contributed by atoms with van der Waals surface area (Å²) in [7, 11) is 0. The highest BCUT2D eigenvalue weighted by Gasteiger charge is 2.20. The van der Waals surface area contributed by atoms with Crippen molar-refractivity contribution < 1.29 is 0 Å². The lowest BCUT2D eigenvalue weighted by Gasteiger charge is -2.27. The van der Waals surface area contributed by atoms with Crippen LogP contribution in [0.15, 0.2) is 17.5 Å². The highest BCUT2D eigenvalue weighted by atomic mass is 32.1. The maximum Gasteiger partial charge on any atom is 0.0413 e. The minimum Gasteiger partial charge on any atom is -0.329 e. The largest absolute Gasteiger partial charge is 0.329 e. The highest BCUT2D eigenvalue weighted by Crippen LogP contribution is 2.25. The van der Waals surface area contributed by atoms with Crippen molar-refractivity contribution >= 4 is 11.3 Å². The molecule has 2 N–H and O–H groups in total. The minimum absolute atomic E-state index is 0.563. The van der Waals surface area contributed by atoms with Crippen LogP contribution in [0.2, 0.25) is 0 Å². The van der Waals surface area contributed by atoms with Crippen molar-refractivity contribution in [2.45, 2.75) is 19.4 Å². The average Bonchev–Trinajstić information content (AvgIpc) is 2.76. The van der Waals surface area contributed by atoms with Crippen LogP contribution >= 0.6 is 11.3 Å². The molecule has 1 unspecified atom stereocenters. The summed E-state index contributed by atoms with van der Waals surface area (Å²) in [6.45, 7) is 8.88. The molecule has 0 amide bonds. The first-order valence-corrected chi connectivity index (χ1v) is 7.39. The molecule has 4 heteroatoms. The fourth-order valence-corrected chi connectivity index (χ4v) is 3.31. The number of rotatable bonds is 4. The molecule has 0 radical (unpaired) electrons. The Balaban J connectivity index is 1.90. The topological polar surface area (TPSA) is 32.5 Å². The molecule has 1 aliphatic heterocycles. The van der Waals surface area contributed by atoms with E-state index in [2.05, 4.69) is 34.2 Å². The lowest BCUT2D eigenvalue weighted by atomic mass is 10.2. The molecule has 2 heterocycles. The number of nitrogens with two attached hydrogens (primary N) is 1. The number of hydrogen-bond acceptors (Lipinski definition) is 4. The van der Waals surface area contributed by atoms with Crippen LogP contribution in [0, 0.1) is 0 Å². The van der Waals surface area contributed by atoms with Crippen LogP contribution in [-0.4, -0.2) is 49.1 Å². The molecule has 2 rings (SSSR count). The van der Waals surface area contributed by atoms with Crippen molar-refractivity contribution in [1.29, 1.82) is 0 Å². The second-order valence-corrected chi connectivity index (χ2v) is 5.69. The maximum absolute atomic E-state index is 5.63. The predicted octanol–water partition coefficient (Wildman–Crippen LogP) is 1.78. The maximum atomic E-state index is 5.63. The Morgan fingerprint density at radius 1 is 1.35 bits per heavy atom. The van der Waals surface area contributed by atoms with E-state index in [4.69, 9.17) is 5.73 Å². The first kappa shape index (κ1) is 13.0. The molecule has 0 aromatic carbocycles. The van der Waals surface area contributed by atoms with Gasteiger partial charge in [-0.15, -0.1) is 11.3 Å². The van der Waals surface area contributed by atoms with Crippen LogP contribution in [0.5, 0.6) is 0 Å². The normalized spacial score (nSPS) is 21.3. The smallest absolute Gasteiger partial charge is 0.0413 e. The summed E-state index contributed by atoms with van der Waals surface area (Å²) in [4.78, 5) is 6.57. The third-order valence-electron chi connectivity index (χ3n) is 3.57. The molecule has 1 fully saturated rings. The zero-order valence-electron chi connectivity index (χ0n) is 10.6. The molecule has 0 spiro atoms. The molecule has 0 saturated carbocycles. The fraction of sp³-hybridized carbons (Fsp3) is 0.692. The Kier molecular flexibility index (Phi) is 4.98. The monoisotopic (exact) mass is 253 g/mol. The summed E-state index contributed by atoms with van der Waals surface area (Å²) in [5.74, 6) is 0. The molecule has 1 aliphatic rings. The van der Waals surface area contributed by atoms with Crippen molar-refractivity contribution in [2.24, 2.45) is 5.73 Å². The fourth-order valence-electron chi connectivity index (χ4n) is 2.49. The van der Waals surface area contributed by atoms with Crippen LogP contribution in [-0.2, 0) is 0 Å². The van der Waals surface area contributed by atoms with E-state index in [0.717, 1.165) is 19.6 Å². The lowest BCUT2D eigenvalue weighted by Crippen LogP contribution is -2.34. The van der Waals surface area contributed by atoms with Gasteiger partial charge in [0.15, 0.2) is 0 Å². The Morgan fingerprint density at radius 2 is 2.24 bits per heavy atom. The van der Waals surface area contributed by atoms with Gasteiger partial charge in [-0.05, 0) is 31.3 Å². The van der Waals surface area contributed by atoms with Crippen LogP contribution in [0.1, 0.15) is 24.3 Å². The van der Waals surface area contributed by atoms with Crippen molar-refractivity contribution in [3.05, 3.63) is 22.4 Å². The first-order chi connectivity index (χ1) is 8.31. The molecule has 1 aromatic rings. The van der Waals surface area contributed by atoms with Gasteiger partial charge in [-0.25, -0.2) is 0 Å². The van der Waals surface area contributed by atoms with E-state index >= 15 is 0 Å². The second kappa shape index (κ2) is 6.50. The van der Waals surface area contributed by atoms with Crippen molar-refractivity contribution in [3.8, 4) is 0 Å². The first-order valence-electron chi connectivity index (χ1n) is 6.51. The summed E-state index contributed by atoms with van der Waals surface area (Å²) in [5.41, 5.74) is 5.63. The molecule has 1 atom stereocenters. The molecule has 0 aliphatic carbocycles. The van der Waals surface area contributed by atoms with Gasteiger partial charge >= 0.3 is 0 Å². The quantitative estimate of drug-likeness (QED) is 0.888. The van der Waals surface area contributed by atoms with Gasteiger partial charge in [0.05, 0.1) is 0 Å². The van der Waals surface area contributed by atoms with Gasteiger partial charge in [0.25, 0.3) is 0 Å². The molecule has 96 valence electrons. The van der Waals surface area contributed by atoms with Crippen LogP contribution in [0.3, 0.4) is 0 Å². The van der Waals surface area contributed by atoms with E-state index in [1.54, 1.807) is 0 Å². The number of nitrogens with zero attached hydrogens (tertiary/aromatic N) is 2. The van der Waals surface area contributed by atoms with Crippen LogP contribution in [0.4, 0.5) is 0 Å². The van der Waals surface area contributed by atoms with Gasteiger partial charge in [0.2, 0.25) is 0 Å². The van der Waals surface area contributed by atoms with Gasteiger partial charge in [-0.1, -0.05) is 6.07 Å². The molecule has 1 saturated heterocycles. The molecular formula is C13H23N3S. The lowest BCUT2D eigenvalue weighted by molar-refractivity contribution is 0.214. The highest BCUT2D eigenvalue weighted by molar-refractivity contribution is 7.10. The number of hydrogen-bond donors (Lipinski definition) is 1. The van der Waals surface area contributed by atoms with Crippen LogP contribution < -0.4 is 5.73 Å². The van der Waals surface area contributed by atoms with E-state index in [9.17, 15) is 0 Å². The molecular weight excluding hydrogens is 230 g/mol. The summed E-state index contributed by atoms with van der Waals surface area (Å²) in [5, 5.41) is 2.17. The molecule has 17 heavy (non-hydrogen) atoms. The van der Waals surface area contributed by atoms with Gasteiger partial charge < -0.3 is 10.6 Å². The summed E-state index contributed by atoms with van der Waals surface area (Å²) < 4.78 is 0. The Labute approximate surface area is 108 Å². The molecule has 3 nitrogen and oxygen atoms in total. The zero-order valence-corrected chi connectivity index (χ0v) is 11.5. The SMILES string of the molecule is CC(c1cccs1)N1CCCN(CCN)CC1. The third kappa shape index (κ3) is 3.52. The Hall–Kier alpha value is -0.420. The standard InChI is InChI=1S/C13H23N3S/c1-12(13-4-2-11-17-13)16-7-3-6-15(8-5-14)9-10-16/h2,4,11-12H,3,5-10,14H2,1H3. The summed E-state index contributed by atoms with van der Waals surface area (Å²) in [6, 6.07) is 4.96. The summed E-state index contributed by atoms with van der Waals surface area (Å²) >= 11 is 1.87. The van der Waals surface area contributed by atoms with Crippen molar-refractivity contribution in [3.63, 3.8) is 0 Å². The van der Waals surface area contributed by atoms with E-state index in [0.29, 0.717) is 6.04 Å². The van der Waals surface area contributed by atoms with Crippen molar-refractivity contribution in [2.75, 3.05) is 39.3 Å². The van der Waals surface area contributed by atoms with Gasteiger partial charge in [-0.2, -0.15) is 0 Å². The van der Waals surface area contributed by atoms with Gasteiger partial charge in [0.1, 0.15) is 0 Å². The van der Waals surface area contributed by atoms with E-state index in [1.165, 1.54) is 30.9 Å². The predicted molar refractivity (Wildman–Crippen MR) is 74.4 cm³/mol.